The van der Waals surface area contributed by atoms with Crippen LogP contribution in [0.4, 0.5) is 4.39 Å². The minimum atomic E-state index is -1.06. The number of amides is 2. The summed E-state index contributed by atoms with van der Waals surface area (Å²) in [5.74, 6) is -2.35. The van der Waals surface area contributed by atoms with Crippen molar-refractivity contribution < 1.29 is 23.9 Å². The molecule has 7 heteroatoms. The molecule has 0 heterocycles. The van der Waals surface area contributed by atoms with Crippen LogP contribution in [0, 0.1) is 5.82 Å². The molecule has 3 aromatic rings. The van der Waals surface area contributed by atoms with Crippen LogP contribution in [-0.4, -0.2) is 34.5 Å². The largest absolute Gasteiger partial charge is 0.481 e. The summed E-state index contributed by atoms with van der Waals surface area (Å²) < 4.78 is 13.2. The van der Waals surface area contributed by atoms with Crippen LogP contribution >= 0.6 is 0 Å². The fourth-order valence-corrected chi connectivity index (χ4v) is 3.80. The van der Waals surface area contributed by atoms with Crippen LogP contribution in [0.2, 0.25) is 0 Å². The Kier molecular flexibility index (Phi) is 8.36. The maximum atomic E-state index is 13.2. The number of hydrogen-bond donors (Lipinski definition) is 3. The second-order valence-corrected chi connectivity index (χ2v) is 9.08. The van der Waals surface area contributed by atoms with E-state index < -0.39 is 29.4 Å². The zero-order chi connectivity index (χ0) is 25.4. The maximum absolute atomic E-state index is 13.2. The van der Waals surface area contributed by atoms with E-state index in [-0.39, 0.29) is 18.7 Å². The van der Waals surface area contributed by atoms with Crippen LogP contribution in [0.3, 0.4) is 0 Å². The van der Waals surface area contributed by atoms with Gasteiger partial charge in [0, 0.05) is 17.5 Å². The second-order valence-electron chi connectivity index (χ2n) is 9.08. The van der Waals surface area contributed by atoms with Crippen molar-refractivity contribution in [1.29, 1.82) is 0 Å². The Bertz CT molecular complexity index is 1160. The molecule has 0 aliphatic carbocycles. The monoisotopic (exact) mass is 476 g/mol. The van der Waals surface area contributed by atoms with E-state index in [4.69, 9.17) is 5.11 Å². The van der Waals surface area contributed by atoms with Gasteiger partial charge in [-0.05, 0) is 67.6 Å². The van der Waals surface area contributed by atoms with E-state index >= 15 is 0 Å². The molecule has 0 aliphatic rings. The molecule has 35 heavy (non-hydrogen) atoms. The van der Waals surface area contributed by atoms with Crippen molar-refractivity contribution in [1.82, 2.24) is 10.6 Å². The topological polar surface area (TPSA) is 95.5 Å². The molecule has 0 saturated heterocycles. The second kappa shape index (κ2) is 11.4. The minimum Gasteiger partial charge on any atom is -0.481 e. The van der Waals surface area contributed by atoms with Gasteiger partial charge in [0.15, 0.2) is 0 Å². The number of benzene rings is 3. The third-order valence-corrected chi connectivity index (χ3v) is 5.54. The lowest BCUT2D eigenvalue weighted by molar-refractivity contribution is -0.137. The van der Waals surface area contributed by atoms with Crippen molar-refractivity contribution in [2.24, 2.45) is 0 Å². The molecule has 0 aliphatic heterocycles. The molecule has 0 spiro atoms. The lowest BCUT2D eigenvalue weighted by Gasteiger charge is -2.29. The van der Waals surface area contributed by atoms with Crippen molar-refractivity contribution in [3.63, 3.8) is 0 Å². The average molecular weight is 477 g/mol. The van der Waals surface area contributed by atoms with E-state index in [1.54, 1.807) is 24.3 Å². The van der Waals surface area contributed by atoms with Crippen LogP contribution in [0.15, 0.2) is 78.9 Å². The third kappa shape index (κ3) is 7.78. The summed E-state index contributed by atoms with van der Waals surface area (Å²) >= 11 is 0. The summed E-state index contributed by atoms with van der Waals surface area (Å²) in [4.78, 5) is 37.0. The van der Waals surface area contributed by atoms with Gasteiger partial charge in [0.1, 0.15) is 11.9 Å². The standard InChI is InChI=1S/C28H29FN2O4/c1-28(2,18-19-8-14-23(29)15-9-19)31-27(35)24(16-17-25(32)33)30-26(34)22-12-10-21(11-13-22)20-6-4-3-5-7-20/h3-15,24H,16-18H2,1-2H3,(H,30,34)(H,31,35)(H,32,33). The lowest BCUT2D eigenvalue weighted by Crippen LogP contribution is -2.54. The number of carboxylic acids is 1. The van der Waals surface area contributed by atoms with Crippen molar-refractivity contribution in [2.45, 2.75) is 44.7 Å². The van der Waals surface area contributed by atoms with E-state index in [1.165, 1.54) is 12.1 Å². The van der Waals surface area contributed by atoms with E-state index in [2.05, 4.69) is 10.6 Å². The summed E-state index contributed by atoms with van der Waals surface area (Å²) in [6, 6.07) is 21.7. The van der Waals surface area contributed by atoms with E-state index in [0.29, 0.717) is 12.0 Å². The first-order valence-corrected chi connectivity index (χ1v) is 11.4. The molecule has 182 valence electrons. The summed E-state index contributed by atoms with van der Waals surface area (Å²) in [7, 11) is 0. The number of halogens is 1. The molecule has 1 unspecified atom stereocenters. The van der Waals surface area contributed by atoms with E-state index in [1.807, 2.05) is 56.3 Å². The highest BCUT2D eigenvalue weighted by atomic mass is 19.1. The molecular formula is C28H29FN2O4. The van der Waals surface area contributed by atoms with Gasteiger partial charge in [-0.1, -0.05) is 54.6 Å². The smallest absolute Gasteiger partial charge is 0.303 e. The van der Waals surface area contributed by atoms with Crippen molar-refractivity contribution in [3.8, 4) is 11.1 Å². The van der Waals surface area contributed by atoms with Gasteiger partial charge in [-0.2, -0.15) is 0 Å². The molecular weight excluding hydrogens is 447 g/mol. The SMILES string of the molecule is CC(C)(Cc1ccc(F)cc1)NC(=O)C(CCC(=O)O)NC(=O)c1ccc(-c2ccccc2)cc1. The molecule has 3 N–H and O–H groups in total. The van der Waals surface area contributed by atoms with Gasteiger partial charge in [-0.15, -0.1) is 0 Å². The van der Waals surface area contributed by atoms with Crippen LogP contribution < -0.4 is 10.6 Å². The van der Waals surface area contributed by atoms with E-state index in [9.17, 15) is 18.8 Å². The van der Waals surface area contributed by atoms with Crippen LogP contribution in [0.1, 0.15) is 42.6 Å². The Morgan fingerprint density at radius 2 is 1.49 bits per heavy atom. The fraction of sp³-hybridized carbons (Fsp3) is 0.250. The van der Waals surface area contributed by atoms with Gasteiger partial charge >= 0.3 is 5.97 Å². The molecule has 1 atom stereocenters. The highest BCUT2D eigenvalue weighted by Gasteiger charge is 2.28. The summed E-state index contributed by atoms with van der Waals surface area (Å²) in [5, 5.41) is 14.7. The number of carbonyl (C=O) groups is 3. The molecule has 0 saturated carbocycles. The molecule has 0 bridgehead atoms. The van der Waals surface area contributed by atoms with Crippen LogP contribution in [0.5, 0.6) is 0 Å². The number of aliphatic carboxylic acids is 1. The fourth-order valence-electron chi connectivity index (χ4n) is 3.80. The number of hydrogen-bond acceptors (Lipinski definition) is 3. The van der Waals surface area contributed by atoms with Gasteiger partial charge < -0.3 is 15.7 Å². The zero-order valence-electron chi connectivity index (χ0n) is 19.8. The van der Waals surface area contributed by atoms with Crippen molar-refractivity contribution >= 4 is 17.8 Å². The Balaban J connectivity index is 1.69. The molecule has 0 fully saturated rings. The molecule has 2 amide bonds. The summed E-state index contributed by atoms with van der Waals surface area (Å²) in [6.45, 7) is 3.62. The Morgan fingerprint density at radius 1 is 0.886 bits per heavy atom. The molecule has 0 aromatic heterocycles. The van der Waals surface area contributed by atoms with Gasteiger partial charge in [0.2, 0.25) is 5.91 Å². The number of nitrogens with one attached hydrogen (secondary N) is 2. The van der Waals surface area contributed by atoms with E-state index in [0.717, 1.165) is 16.7 Å². The maximum Gasteiger partial charge on any atom is 0.303 e. The summed E-state index contributed by atoms with van der Waals surface area (Å²) in [5.41, 5.74) is 2.45. The van der Waals surface area contributed by atoms with Crippen molar-refractivity contribution in [3.05, 3.63) is 95.8 Å². The Hall–Kier alpha value is -4.00. The van der Waals surface area contributed by atoms with Crippen LogP contribution in [-0.2, 0) is 16.0 Å². The first-order chi connectivity index (χ1) is 16.6. The first kappa shape index (κ1) is 25.6. The molecule has 3 aromatic carbocycles. The molecule has 0 radical (unpaired) electrons. The molecule has 6 nitrogen and oxygen atoms in total. The highest BCUT2D eigenvalue weighted by Crippen LogP contribution is 2.19. The summed E-state index contributed by atoms with van der Waals surface area (Å²) in [6.07, 6.45) is 0.102. The quantitative estimate of drug-likeness (QED) is 0.399. The third-order valence-electron chi connectivity index (χ3n) is 5.54. The van der Waals surface area contributed by atoms with Gasteiger partial charge in [-0.3, -0.25) is 14.4 Å². The van der Waals surface area contributed by atoms with Crippen molar-refractivity contribution in [2.75, 3.05) is 0 Å². The number of carbonyl (C=O) groups excluding carboxylic acids is 2. The predicted octanol–water partition coefficient (Wildman–Crippen LogP) is 4.59. The Morgan fingerprint density at radius 3 is 2.09 bits per heavy atom. The number of carboxylic acid groups (broad SMARTS) is 1. The lowest BCUT2D eigenvalue weighted by atomic mass is 9.94. The Labute approximate surface area is 204 Å². The van der Waals surface area contributed by atoms with Gasteiger partial charge in [-0.25, -0.2) is 4.39 Å². The normalized spacial score (nSPS) is 12.0. The zero-order valence-corrected chi connectivity index (χ0v) is 19.8. The van der Waals surface area contributed by atoms with Gasteiger partial charge in [0.25, 0.3) is 5.91 Å². The van der Waals surface area contributed by atoms with Crippen LogP contribution in [0.25, 0.3) is 11.1 Å². The van der Waals surface area contributed by atoms with Gasteiger partial charge in [0.05, 0.1) is 0 Å². The first-order valence-electron chi connectivity index (χ1n) is 11.4. The number of rotatable bonds is 10. The minimum absolute atomic E-state index is 0.0539. The average Bonchev–Trinajstić information content (AvgIpc) is 2.83. The highest BCUT2D eigenvalue weighted by molar-refractivity contribution is 5.98. The molecule has 3 rings (SSSR count). The predicted molar refractivity (Wildman–Crippen MR) is 132 cm³/mol.